The zero-order valence-electron chi connectivity index (χ0n) is 9.27. The second-order valence-electron chi connectivity index (χ2n) is 3.70. The fourth-order valence-corrected chi connectivity index (χ4v) is 1.53. The smallest absolute Gasteiger partial charge is 0.236 e. The highest BCUT2D eigenvalue weighted by Crippen LogP contribution is 2.26. The molecule has 1 amide bonds. The Labute approximate surface area is 93.5 Å². The highest BCUT2D eigenvalue weighted by Gasteiger charge is 2.13. The van der Waals surface area contributed by atoms with Gasteiger partial charge in [-0.05, 0) is 25.1 Å². The molecule has 88 valence electrons. The van der Waals surface area contributed by atoms with Gasteiger partial charge in [-0.15, -0.1) is 0 Å². The minimum Gasteiger partial charge on any atom is -0.389 e. The number of hydrogen-bond donors (Lipinski definition) is 2. The van der Waals surface area contributed by atoms with Gasteiger partial charge in [0.1, 0.15) is 5.82 Å². The van der Waals surface area contributed by atoms with Crippen LogP contribution < -0.4 is 10.6 Å². The molecule has 16 heavy (non-hydrogen) atoms. The number of carbonyl (C=O) groups is 1. The second kappa shape index (κ2) is 4.94. The van der Waals surface area contributed by atoms with Crippen LogP contribution in [0.2, 0.25) is 0 Å². The van der Waals surface area contributed by atoms with Crippen molar-refractivity contribution in [3.8, 4) is 0 Å². The summed E-state index contributed by atoms with van der Waals surface area (Å²) in [6.07, 6.45) is -0.805. The van der Waals surface area contributed by atoms with Crippen LogP contribution in [0.3, 0.4) is 0 Å². The van der Waals surface area contributed by atoms with Crippen molar-refractivity contribution < 1.29 is 14.3 Å². The quantitative estimate of drug-likeness (QED) is 0.798. The molecule has 0 fully saturated rings. The molecule has 0 bridgehead atoms. The Morgan fingerprint density at radius 3 is 2.75 bits per heavy atom. The summed E-state index contributed by atoms with van der Waals surface area (Å²) in [5.41, 5.74) is 6.10. The number of anilines is 1. The fraction of sp³-hybridized carbons (Fsp3) is 0.364. The summed E-state index contributed by atoms with van der Waals surface area (Å²) < 4.78 is 13.0. The van der Waals surface area contributed by atoms with Crippen LogP contribution in [0.4, 0.5) is 10.1 Å². The van der Waals surface area contributed by atoms with Crippen molar-refractivity contribution in [2.24, 2.45) is 5.73 Å². The Bertz CT molecular complexity index is 394. The van der Waals surface area contributed by atoms with Crippen molar-refractivity contribution in [2.45, 2.75) is 13.0 Å². The van der Waals surface area contributed by atoms with E-state index in [2.05, 4.69) is 0 Å². The van der Waals surface area contributed by atoms with Gasteiger partial charge in [0.2, 0.25) is 5.91 Å². The fourth-order valence-electron chi connectivity index (χ4n) is 1.53. The third-order valence-electron chi connectivity index (χ3n) is 2.24. The lowest BCUT2D eigenvalue weighted by atomic mass is 10.1. The Balaban J connectivity index is 3.07. The minimum atomic E-state index is -0.805. The molecule has 5 heteroatoms. The number of amides is 1. The predicted octanol–water partition coefficient (Wildman–Crippen LogP) is 0.800. The molecule has 4 nitrogen and oxygen atoms in total. The van der Waals surface area contributed by atoms with E-state index in [1.807, 2.05) is 0 Å². The average Bonchev–Trinajstić information content (AvgIpc) is 2.16. The summed E-state index contributed by atoms with van der Waals surface area (Å²) in [5, 5.41) is 9.50. The number of nitrogens with zero attached hydrogens (tertiary/aromatic N) is 1. The molecule has 0 saturated carbocycles. The molecule has 0 spiro atoms. The van der Waals surface area contributed by atoms with Gasteiger partial charge in [0.15, 0.2) is 0 Å². The molecule has 1 atom stereocenters. The lowest BCUT2D eigenvalue weighted by Gasteiger charge is -2.22. The van der Waals surface area contributed by atoms with Gasteiger partial charge in [0.05, 0.1) is 12.6 Å². The summed E-state index contributed by atoms with van der Waals surface area (Å²) in [6, 6.07) is 4.04. The van der Waals surface area contributed by atoms with Crippen molar-refractivity contribution in [1.82, 2.24) is 0 Å². The van der Waals surface area contributed by atoms with Crippen LogP contribution in [0.1, 0.15) is 18.6 Å². The number of carbonyl (C=O) groups excluding carboxylic acids is 1. The first-order chi connectivity index (χ1) is 7.41. The van der Waals surface area contributed by atoms with Crippen LogP contribution in [-0.4, -0.2) is 24.6 Å². The largest absolute Gasteiger partial charge is 0.389 e. The molecular weight excluding hydrogens is 211 g/mol. The van der Waals surface area contributed by atoms with Gasteiger partial charge in [-0.2, -0.15) is 0 Å². The van der Waals surface area contributed by atoms with Crippen LogP contribution >= 0.6 is 0 Å². The highest BCUT2D eigenvalue weighted by molar-refractivity contribution is 5.79. The molecule has 0 aliphatic carbocycles. The minimum absolute atomic E-state index is 0.0192. The highest BCUT2D eigenvalue weighted by atomic mass is 19.1. The van der Waals surface area contributed by atoms with E-state index in [4.69, 9.17) is 5.73 Å². The van der Waals surface area contributed by atoms with Gasteiger partial charge >= 0.3 is 0 Å². The Morgan fingerprint density at radius 2 is 2.25 bits per heavy atom. The van der Waals surface area contributed by atoms with Crippen molar-refractivity contribution >= 4 is 11.6 Å². The number of primary amides is 1. The van der Waals surface area contributed by atoms with Gasteiger partial charge in [0, 0.05) is 18.3 Å². The summed E-state index contributed by atoms with van der Waals surface area (Å²) in [5.74, 6) is -0.907. The van der Waals surface area contributed by atoms with Crippen molar-refractivity contribution in [3.05, 3.63) is 29.6 Å². The lowest BCUT2D eigenvalue weighted by molar-refractivity contribution is -0.116. The number of aliphatic hydroxyl groups is 1. The van der Waals surface area contributed by atoms with Gasteiger partial charge in [-0.25, -0.2) is 4.39 Å². The molecule has 0 radical (unpaired) electrons. The van der Waals surface area contributed by atoms with E-state index in [1.165, 1.54) is 25.1 Å². The van der Waals surface area contributed by atoms with Crippen LogP contribution in [-0.2, 0) is 4.79 Å². The molecule has 0 aliphatic rings. The van der Waals surface area contributed by atoms with E-state index in [0.29, 0.717) is 11.3 Å². The van der Waals surface area contributed by atoms with Crippen LogP contribution in [0, 0.1) is 5.82 Å². The third-order valence-corrected chi connectivity index (χ3v) is 2.24. The lowest BCUT2D eigenvalue weighted by Crippen LogP contribution is -2.31. The molecule has 1 aromatic rings. The first kappa shape index (κ1) is 12.4. The molecule has 1 rings (SSSR count). The molecule has 0 heterocycles. The van der Waals surface area contributed by atoms with Gasteiger partial charge in [0.25, 0.3) is 0 Å². The van der Waals surface area contributed by atoms with Crippen LogP contribution in [0.5, 0.6) is 0 Å². The number of aliphatic hydroxyl groups excluding tert-OH is 1. The SMILES string of the molecule is C[C@@H](O)c1cc(F)ccc1N(C)CC(N)=O. The summed E-state index contributed by atoms with van der Waals surface area (Å²) in [4.78, 5) is 12.3. The monoisotopic (exact) mass is 226 g/mol. The maximum atomic E-state index is 13.0. The molecule has 1 aromatic carbocycles. The molecule has 0 unspecified atom stereocenters. The summed E-state index contributed by atoms with van der Waals surface area (Å²) >= 11 is 0. The molecule has 0 aliphatic heterocycles. The van der Waals surface area contributed by atoms with E-state index in [0.717, 1.165) is 0 Å². The number of halogens is 1. The zero-order chi connectivity index (χ0) is 12.3. The topological polar surface area (TPSA) is 66.6 Å². The molecule has 3 N–H and O–H groups in total. The van der Waals surface area contributed by atoms with Gasteiger partial charge in [-0.3, -0.25) is 4.79 Å². The first-order valence-corrected chi connectivity index (χ1v) is 4.88. The van der Waals surface area contributed by atoms with E-state index in [9.17, 15) is 14.3 Å². The van der Waals surface area contributed by atoms with Crippen LogP contribution in [0.25, 0.3) is 0 Å². The van der Waals surface area contributed by atoms with E-state index in [-0.39, 0.29) is 6.54 Å². The Kier molecular flexibility index (Phi) is 3.84. The number of benzene rings is 1. The van der Waals surface area contributed by atoms with Gasteiger partial charge in [-0.1, -0.05) is 0 Å². The Hall–Kier alpha value is -1.62. The van der Waals surface area contributed by atoms with Gasteiger partial charge < -0.3 is 15.7 Å². The van der Waals surface area contributed by atoms with Crippen LogP contribution in [0.15, 0.2) is 18.2 Å². The Morgan fingerprint density at radius 1 is 1.62 bits per heavy atom. The normalized spacial score (nSPS) is 12.2. The number of nitrogens with two attached hydrogens (primary N) is 1. The average molecular weight is 226 g/mol. The maximum Gasteiger partial charge on any atom is 0.236 e. The second-order valence-corrected chi connectivity index (χ2v) is 3.70. The summed E-state index contributed by atoms with van der Waals surface area (Å²) in [6.45, 7) is 1.56. The van der Waals surface area contributed by atoms with Crippen molar-refractivity contribution in [3.63, 3.8) is 0 Å². The third kappa shape index (κ3) is 2.93. The standard InChI is InChI=1S/C11H15FN2O2/c1-7(15)9-5-8(12)3-4-10(9)14(2)6-11(13)16/h3-5,7,15H,6H2,1-2H3,(H2,13,16)/t7-/m1/s1. The number of likely N-dealkylation sites (N-methyl/N-ethyl adjacent to an activating group) is 1. The summed E-state index contributed by atoms with van der Waals surface area (Å²) in [7, 11) is 1.66. The number of hydrogen-bond acceptors (Lipinski definition) is 3. The molecular formula is C11H15FN2O2. The zero-order valence-corrected chi connectivity index (χ0v) is 9.27. The van der Waals surface area contributed by atoms with Crippen molar-refractivity contribution in [1.29, 1.82) is 0 Å². The van der Waals surface area contributed by atoms with Crippen molar-refractivity contribution in [2.75, 3.05) is 18.5 Å². The van der Waals surface area contributed by atoms with E-state index >= 15 is 0 Å². The maximum absolute atomic E-state index is 13.0. The van der Waals surface area contributed by atoms with E-state index < -0.39 is 17.8 Å². The first-order valence-electron chi connectivity index (χ1n) is 4.88. The molecule has 0 saturated heterocycles. The molecule has 0 aromatic heterocycles. The number of rotatable bonds is 4. The predicted molar refractivity (Wildman–Crippen MR) is 59.5 cm³/mol. The van der Waals surface area contributed by atoms with E-state index in [1.54, 1.807) is 11.9 Å².